The lowest BCUT2D eigenvalue weighted by molar-refractivity contribution is 0.201. The normalized spacial score (nSPS) is 14.7. The van der Waals surface area contributed by atoms with Crippen LogP contribution in [-0.2, 0) is 6.42 Å². The zero-order valence-corrected chi connectivity index (χ0v) is 12.0. The zero-order valence-electron chi connectivity index (χ0n) is 12.0. The minimum absolute atomic E-state index is 0.294. The molecule has 0 amide bonds. The summed E-state index contributed by atoms with van der Waals surface area (Å²) in [6.07, 6.45) is 8.17. The van der Waals surface area contributed by atoms with E-state index in [0.29, 0.717) is 12.1 Å². The van der Waals surface area contributed by atoms with Crippen molar-refractivity contribution < 1.29 is 0 Å². The molecule has 0 fully saturated rings. The molecule has 1 heterocycles. The van der Waals surface area contributed by atoms with Crippen LogP contribution in [0.15, 0.2) is 24.5 Å². The van der Waals surface area contributed by atoms with Gasteiger partial charge in [0.25, 0.3) is 0 Å². The average Bonchev–Trinajstić information content (AvgIpc) is 2.39. The Morgan fingerprint density at radius 3 is 2.50 bits per heavy atom. The molecule has 0 saturated carbocycles. The summed E-state index contributed by atoms with van der Waals surface area (Å²) in [5.41, 5.74) is 7.60. The molecule has 1 aromatic rings. The van der Waals surface area contributed by atoms with Gasteiger partial charge in [-0.15, -0.1) is 0 Å². The Kier molecular flexibility index (Phi) is 6.91. The van der Waals surface area contributed by atoms with Crippen LogP contribution in [0, 0.1) is 0 Å². The van der Waals surface area contributed by atoms with Gasteiger partial charge in [-0.3, -0.25) is 4.98 Å². The topological polar surface area (TPSA) is 42.1 Å². The molecule has 0 aliphatic carbocycles. The van der Waals surface area contributed by atoms with Crippen LogP contribution in [0.5, 0.6) is 0 Å². The number of aromatic nitrogens is 1. The highest BCUT2D eigenvalue weighted by Gasteiger charge is 2.19. The molecule has 2 N–H and O–H groups in total. The summed E-state index contributed by atoms with van der Waals surface area (Å²) in [4.78, 5) is 6.45. The number of nitrogens with zero attached hydrogens (tertiary/aromatic N) is 2. The Hall–Kier alpha value is -0.930. The van der Waals surface area contributed by atoms with Gasteiger partial charge in [0.15, 0.2) is 0 Å². The van der Waals surface area contributed by atoms with Crippen molar-refractivity contribution in [2.45, 2.75) is 51.6 Å². The third kappa shape index (κ3) is 4.75. The fraction of sp³-hybridized carbons (Fsp3) is 0.667. The first-order valence-corrected chi connectivity index (χ1v) is 7.03. The molecule has 0 spiro atoms. The van der Waals surface area contributed by atoms with E-state index in [1.807, 2.05) is 12.4 Å². The predicted octanol–water partition coefficient (Wildman–Crippen LogP) is 2.46. The van der Waals surface area contributed by atoms with E-state index >= 15 is 0 Å². The molecule has 0 aliphatic heterocycles. The summed E-state index contributed by atoms with van der Waals surface area (Å²) in [7, 11) is 2.19. The van der Waals surface area contributed by atoms with Crippen molar-refractivity contribution in [2.24, 2.45) is 5.73 Å². The van der Waals surface area contributed by atoms with Crippen LogP contribution in [0.3, 0.4) is 0 Å². The lowest BCUT2D eigenvalue weighted by Gasteiger charge is -2.32. The maximum Gasteiger partial charge on any atom is 0.0270 e. The second-order valence-electron chi connectivity index (χ2n) is 5.01. The van der Waals surface area contributed by atoms with E-state index in [4.69, 9.17) is 5.73 Å². The zero-order chi connectivity index (χ0) is 13.4. The van der Waals surface area contributed by atoms with Gasteiger partial charge >= 0.3 is 0 Å². The van der Waals surface area contributed by atoms with Crippen molar-refractivity contribution in [2.75, 3.05) is 13.6 Å². The summed E-state index contributed by atoms with van der Waals surface area (Å²) in [6.45, 7) is 5.48. The van der Waals surface area contributed by atoms with Gasteiger partial charge in [-0.2, -0.15) is 0 Å². The van der Waals surface area contributed by atoms with Crippen LogP contribution in [0.4, 0.5) is 0 Å². The molecular weight excluding hydrogens is 222 g/mol. The van der Waals surface area contributed by atoms with Crippen molar-refractivity contribution in [3.05, 3.63) is 30.1 Å². The molecule has 0 radical (unpaired) electrons. The van der Waals surface area contributed by atoms with Gasteiger partial charge in [-0.05, 0) is 44.0 Å². The fourth-order valence-corrected chi connectivity index (χ4v) is 2.49. The van der Waals surface area contributed by atoms with Crippen LogP contribution < -0.4 is 5.73 Å². The third-order valence-corrected chi connectivity index (χ3v) is 3.60. The smallest absolute Gasteiger partial charge is 0.0270 e. The van der Waals surface area contributed by atoms with E-state index in [1.54, 1.807) is 0 Å². The molecule has 3 heteroatoms. The van der Waals surface area contributed by atoms with Gasteiger partial charge in [-0.25, -0.2) is 0 Å². The maximum atomic E-state index is 6.26. The number of hydrogen-bond donors (Lipinski definition) is 1. The molecule has 1 aromatic heterocycles. The molecule has 0 bridgehead atoms. The molecule has 3 nitrogen and oxygen atoms in total. The molecular formula is C15H27N3. The van der Waals surface area contributed by atoms with Gasteiger partial charge in [0.2, 0.25) is 0 Å². The van der Waals surface area contributed by atoms with Crippen LogP contribution >= 0.6 is 0 Å². The van der Waals surface area contributed by atoms with Crippen LogP contribution in [0.2, 0.25) is 0 Å². The van der Waals surface area contributed by atoms with E-state index in [0.717, 1.165) is 32.2 Å². The number of hydrogen-bond acceptors (Lipinski definition) is 3. The highest BCUT2D eigenvalue weighted by Crippen LogP contribution is 2.11. The summed E-state index contributed by atoms with van der Waals surface area (Å²) in [5, 5.41) is 0. The second kappa shape index (κ2) is 8.22. The summed E-state index contributed by atoms with van der Waals surface area (Å²) < 4.78 is 0. The summed E-state index contributed by atoms with van der Waals surface area (Å²) in [6, 6.07) is 4.95. The van der Waals surface area contributed by atoms with Gasteiger partial charge in [0, 0.05) is 31.0 Å². The van der Waals surface area contributed by atoms with Crippen molar-refractivity contribution in [1.29, 1.82) is 0 Å². The monoisotopic (exact) mass is 249 g/mol. The van der Waals surface area contributed by atoms with Gasteiger partial charge in [0.05, 0.1) is 0 Å². The fourth-order valence-electron chi connectivity index (χ4n) is 2.49. The summed E-state index contributed by atoms with van der Waals surface area (Å²) >= 11 is 0. The van der Waals surface area contributed by atoms with Gasteiger partial charge < -0.3 is 10.6 Å². The van der Waals surface area contributed by atoms with E-state index in [-0.39, 0.29) is 0 Å². The Bertz CT molecular complexity index is 313. The minimum Gasteiger partial charge on any atom is -0.326 e. The van der Waals surface area contributed by atoms with E-state index in [1.165, 1.54) is 5.56 Å². The number of pyridine rings is 1. The van der Waals surface area contributed by atoms with E-state index < -0.39 is 0 Å². The minimum atomic E-state index is 0.294. The Morgan fingerprint density at radius 2 is 1.94 bits per heavy atom. The molecule has 18 heavy (non-hydrogen) atoms. The average molecular weight is 249 g/mol. The SMILES string of the molecule is CCCC(N)C(CC)N(C)CCc1ccncc1. The van der Waals surface area contributed by atoms with Gasteiger partial charge in [0.1, 0.15) is 0 Å². The van der Waals surface area contributed by atoms with Crippen LogP contribution in [0.1, 0.15) is 38.7 Å². The lowest BCUT2D eigenvalue weighted by atomic mass is 10.00. The first-order chi connectivity index (χ1) is 8.69. The Balaban J connectivity index is 2.44. The molecule has 2 atom stereocenters. The molecule has 0 aromatic carbocycles. The number of rotatable bonds is 8. The second-order valence-corrected chi connectivity index (χ2v) is 5.01. The lowest BCUT2D eigenvalue weighted by Crippen LogP contribution is -2.46. The van der Waals surface area contributed by atoms with E-state index in [9.17, 15) is 0 Å². The molecule has 102 valence electrons. The Labute approximate surface area is 111 Å². The van der Waals surface area contributed by atoms with Gasteiger partial charge in [-0.1, -0.05) is 20.3 Å². The molecule has 1 rings (SSSR count). The van der Waals surface area contributed by atoms with Crippen LogP contribution in [0.25, 0.3) is 0 Å². The van der Waals surface area contributed by atoms with Crippen molar-refractivity contribution in [3.8, 4) is 0 Å². The largest absolute Gasteiger partial charge is 0.326 e. The molecule has 0 aliphatic rings. The number of nitrogens with two attached hydrogens (primary N) is 1. The number of likely N-dealkylation sites (N-methyl/N-ethyl adjacent to an activating group) is 1. The first kappa shape index (κ1) is 15.1. The first-order valence-electron chi connectivity index (χ1n) is 7.03. The predicted molar refractivity (Wildman–Crippen MR) is 77.5 cm³/mol. The standard InChI is InChI=1S/C15H27N3/c1-4-6-14(16)15(5-2)18(3)12-9-13-7-10-17-11-8-13/h7-8,10-11,14-15H,4-6,9,12,16H2,1-3H3. The molecule has 2 unspecified atom stereocenters. The van der Waals surface area contributed by atoms with Crippen molar-refractivity contribution >= 4 is 0 Å². The molecule has 0 saturated heterocycles. The van der Waals surface area contributed by atoms with Crippen molar-refractivity contribution in [1.82, 2.24) is 9.88 Å². The van der Waals surface area contributed by atoms with Crippen molar-refractivity contribution in [3.63, 3.8) is 0 Å². The highest BCUT2D eigenvalue weighted by molar-refractivity contribution is 5.09. The maximum absolute atomic E-state index is 6.26. The Morgan fingerprint density at radius 1 is 1.28 bits per heavy atom. The van der Waals surface area contributed by atoms with Crippen LogP contribution in [-0.4, -0.2) is 35.6 Å². The third-order valence-electron chi connectivity index (χ3n) is 3.60. The summed E-state index contributed by atoms with van der Waals surface area (Å²) in [5.74, 6) is 0. The quantitative estimate of drug-likeness (QED) is 0.769. The highest BCUT2D eigenvalue weighted by atomic mass is 15.1. The van der Waals surface area contributed by atoms with E-state index in [2.05, 4.69) is 42.9 Å².